The molecule has 2 N–H and O–H groups in total. The number of piperazine rings is 1. The van der Waals surface area contributed by atoms with Gasteiger partial charge in [0, 0.05) is 49.7 Å². The smallest absolute Gasteiger partial charge is 0.417 e. The van der Waals surface area contributed by atoms with E-state index in [4.69, 9.17) is 0 Å². The third-order valence-corrected chi connectivity index (χ3v) is 5.09. The summed E-state index contributed by atoms with van der Waals surface area (Å²) in [6.07, 6.45) is -1.86. The molecule has 0 aliphatic carbocycles. The monoisotopic (exact) mass is 452 g/mol. The third kappa shape index (κ3) is 5.30. The Bertz CT molecular complexity index is 1210. The molecule has 0 saturated carbocycles. The molecule has 2 heterocycles. The molecule has 6 nitrogen and oxygen atoms in total. The van der Waals surface area contributed by atoms with E-state index >= 15 is 0 Å². The van der Waals surface area contributed by atoms with Gasteiger partial charge >= 0.3 is 6.18 Å². The van der Waals surface area contributed by atoms with Gasteiger partial charge in [0.2, 0.25) is 0 Å². The number of amides is 1. The number of halogens is 3. The average Bonchev–Trinajstić information content (AvgIpc) is 2.83. The standard InChI is InChI=1S/C24H19F3N4O2/c25-24(26,27)21-13-18(5-8-20(21)23(33)31-11-9-28-10-12-31)22-29-14-17(15-30-22)2-1-16-3-6-19(32)7-4-16/h3-8,13-15,28,32H,9-12H2. The average molecular weight is 452 g/mol. The number of alkyl halides is 3. The summed E-state index contributed by atoms with van der Waals surface area (Å²) < 4.78 is 41.3. The number of aromatic nitrogens is 2. The molecule has 0 radical (unpaired) electrons. The van der Waals surface area contributed by atoms with E-state index in [1.54, 1.807) is 12.1 Å². The predicted octanol–water partition coefficient (Wildman–Crippen LogP) is 3.31. The van der Waals surface area contributed by atoms with Crippen LogP contribution < -0.4 is 5.32 Å². The second-order valence-electron chi connectivity index (χ2n) is 7.39. The third-order valence-electron chi connectivity index (χ3n) is 5.09. The maximum Gasteiger partial charge on any atom is 0.417 e. The fourth-order valence-electron chi connectivity index (χ4n) is 3.37. The van der Waals surface area contributed by atoms with Gasteiger partial charge < -0.3 is 15.3 Å². The Morgan fingerprint density at radius 3 is 2.24 bits per heavy atom. The highest BCUT2D eigenvalue weighted by molar-refractivity contribution is 5.96. The summed E-state index contributed by atoms with van der Waals surface area (Å²) in [6, 6.07) is 9.84. The molecule has 2 aromatic carbocycles. The number of phenolic OH excluding ortho intramolecular Hbond substituents is 1. The van der Waals surface area contributed by atoms with Crippen molar-refractivity contribution in [2.45, 2.75) is 6.18 Å². The molecule has 1 aromatic heterocycles. The molecule has 1 aliphatic heterocycles. The summed E-state index contributed by atoms with van der Waals surface area (Å²) in [5, 5.41) is 12.4. The summed E-state index contributed by atoms with van der Waals surface area (Å²) in [7, 11) is 0. The van der Waals surface area contributed by atoms with Crippen LogP contribution in [-0.2, 0) is 6.18 Å². The van der Waals surface area contributed by atoms with E-state index in [2.05, 4.69) is 27.1 Å². The number of carbonyl (C=O) groups excluding carboxylic acids is 1. The summed E-state index contributed by atoms with van der Waals surface area (Å²) in [6.45, 7) is 1.79. The number of nitrogens with zero attached hydrogens (tertiary/aromatic N) is 3. The van der Waals surface area contributed by atoms with Crippen LogP contribution in [0.5, 0.6) is 5.75 Å². The molecule has 33 heavy (non-hydrogen) atoms. The Balaban J connectivity index is 1.60. The molecule has 3 aromatic rings. The van der Waals surface area contributed by atoms with Crippen molar-refractivity contribution in [3.05, 3.63) is 77.1 Å². The van der Waals surface area contributed by atoms with Crippen molar-refractivity contribution in [3.8, 4) is 29.0 Å². The highest BCUT2D eigenvalue weighted by Crippen LogP contribution is 2.35. The fraction of sp³-hybridized carbons (Fsp3) is 0.208. The van der Waals surface area contributed by atoms with E-state index in [1.807, 2.05) is 0 Å². The summed E-state index contributed by atoms with van der Waals surface area (Å²) in [4.78, 5) is 22.4. The maximum absolute atomic E-state index is 13.8. The minimum absolute atomic E-state index is 0.0943. The number of aromatic hydroxyl groups is 1. The predicted molar refractivity (Wildman–Crippen MR) is 115 cm³/mol. The Hall–Kier alpha value is -3.90. The molecular formula is C24H19F3N4O2. The van der Waals surface area contributed by atoms with Crippen molar-refractivity contribution in [2.75, 3.05) is 26.2 Å². The van der Waals surface area contributed by atoms with Crippen LogP contribution >= 0.6 is 0 Å². The van der Waals surface area contributed by atoms with Crippen LogP contribution in [0.4, 0.5) is 13.2 Å². The van der Waals surface area contributed by atoms with E-state index in [0.717, 1.165) is 6.07 Å². The normalized spacial score (nSPS) is 13.8. The number of carbonyl (C=O) groups is 1. The molecule has 1 aliphatic rings. The van der Waals surface area contributed by atoms with Gasteiger partial charge in [0.25, 0.3) is 5.91 Å². The molecule has 1 saturated heterocycles. The van der Waals surface area contributed by atoms with Crippen LogP contribution in [0.25, 0.3) is 11.4 Å². The fourth-order valence-corrected chi connectivity index (χ4v) is 3.37. The molecule has 168 valence electrons. The van der Waals surface area contributed by atoms with Gasteiger partial charge in [-0.15, -0.1) is 0 Å². The van der Waals surface area contributed by atoms with Gasteiger partial charge in [0.05, 0.1) is 16.7 Å². The second kappa shape index (κ2) is 9.30. The van der Waals surface area contributed by atoms with Gasteiger partial charge in [-0.05, 0) is 36.4 Å². The first kappa shape index (κ1) is 22.3. The molecule has 9 heteroatoms. The van der Waals surface area contributed by atoms with Gasteiger partial charge in [0.15, 0.2) is 5.82 Å². The molecular weight excluding hydrogens is 433 g/mol. The van der Waals surface area contributed by atoms with Gasteiger partial charge in [0.1, 0.15) is 5.75 Å². The van der Waals surface area contributed by atoms with Crippen LogP contribution in [0.1, 0.15) is 27.0 Å². The van der Waals surface area contributed by atoms with Crippen LogP contribution in [0.2, 0.25) is 0 Å². The van der Waals surface area contributed by atoms with Gasteiger partial charge in [-0.3, -0.25) is 4.79 Å². The van der Waals surface area contributed by atoms with Crippen LogP contribution in [0.15, 0.2) is 54.9 Å². The highest BCUT2D eigenvalue weighted by atomic mass is 19.4. The molecule has 1 fully saturated rings. The first-order valence-electron chi connectivity index (χ1n) is 10.2. The number of rotatable bonds is 2. The minimum Gasteiger partial charge on any atom is -0.508 e. The first-order valence-corrected chi connectivity index (χ1v) is 10.2. The number of phenols is 1. The highest BCUT2D eigenvalue weighted by Gasteiger charge is 2.37. The number of hydrogen-bond acceptors (Lipinski definition) is 5. The van der Waals surface area contributed by atoms with Gasteiger partial charge in [-0.25, -0.2) is 9.97 Å². The Labute approximate surface area is 188 Å². The Morgan fingerprint density at radius 2 is 1.61 bits per heavy atom. The molecule has 0 spiro atoms. The molecule has 0 bridgehead atoms. The van der Waals surface area contributed by atoms with Crippen molar-refractivity contribution >= 4 is 5.91 Å². The van der Waals surface area contributed by atoms with Crippen LogP contribution in [-0.4, -0.2) is 52.1 Å². The quantitative estimate of drug-likeness (QED) is 0.584. The lowest BCUT2D eigenvalue weighted by Crippen LogP contribution is -2.46. The van der Waals surface area contributed by atoms with Crippen molar-refractivity contribution in [2.24, 2.45) is 0 Å². The topological polar surface area (TPSA) is 78.3 Å². The SMILES string of the molecule is O=C(c1ccc(-c2ncc(C#Cc3ccc(O)cc3)cn2)cc1C(F)(F)F)N1CCNCC1. The molecule has 4 rings (SSSR count). The van der Waals surface area contributed by atoms with E-state index in [1.165, 1.54) is 41.6 Å². The minimum atomic E-state index is -4.70. The van der Waals surface area contributed by atoms with E-state index in [0.29, 0.717) is 37.3 Å². The lowest BCUT2D eigenvalue weighted by molar-refractivity contribution is -0.138. The first-order chi connectivity index (χ1) is 15.8. The molecule has 1 amide bonds. The van der Waals surface area contributed by atoms with Crippen molar-refractivity contribution in [1.29, 1.82) is 0 Å². The zero-order valence-electron chi connectivity index (χ0n) is 17.4. The van der Waals surface area contributed by atoms with E-state index < -0.39 is 17.6 Å². The number of hydrogen-bond donors (Lipinski definition) is 2. The summed E-state index contributed by atoms with van der Waals surface area (Å²) >= 11 is 0. The van der Waals surface area contributed by atoms with Crippen molar-refractivity contribution in [3.63, 3.8) is 0 Å². The number of benzene rings is 2. The van der Waals surface area contributed by atoms with Crippen molar-refractivity contribution < 1.29 is 23.1 Å². The van der Waals surface area contributed by atoms with Crippen LogP contribution in [0.3, 0.4) is 0 Å². The van der Waals surface area contributed by atoms with E-state index in [9.17, 15) is 23.1 Å². The summed E-state index contributed by atoms with van der Waals surface area (Å²) in [5.41, 5.74) is -0.0880. The lowest BCUT2D eigenvalue weighted by atomic mass is 10.0. The maximum atomic E-state index is 13.8. The number of nitrogens with one attached hydrogen (secondary N) is 1. The van der Waals surface area contributed by atoms with E-state index in [-0.39, 0.29) is 22.7 Å². The molecule has 0 atom stereocenters. The zero-order chi connectivity index (χ0) is 23.4. The molecule has 0 unspecified atom stereocenters. The zero-order valence-corrected chi connectivity index (χ0v) is 17.4. The second-order valence-corrected chi connectivity index (χ2v) is 7.39. The Kier molecular flexibility index (Phi) is 6.29. The lowest BCUT2D eigenvalue weighted by Gasteiger charge is -2.28. The summed E-state index contributed by atoms with van der Waals surface area (Å²) in [5.74, 6) is 5.34. The largest absolute Gasteiger partial charge is 0.508 e. The Morgan fingerprint density at radius 1 is 0.970 bits per heavy atom. The van der Waals surface area contributed by atoms with Crippen LogP contribution in [0, 0.1) is 11.8 Å². The van der Waals surface area contributed by atoms with Gasteiger partial charge in [-0.1, -0.05) is 17.9 Å². The van der Waals surface area contributed by atoms with Crippen molar-refractivity contribution in [1.82, 2.24) is 20.2 Å². The van der Waals surface area contributed by atoms with Gasteiger partial charge in [-0.2, -0.15) is 13.2 Å².